The standard InChI is InChI=1S/C38H28Cl2N2O6/c1-41-35(47)37(39)19-27-25(31(38(37,40)36(41)48)30-24-10-6-5-7-20(24)13-18-28(30)43)16-17-26-29(27)34(46)42(33(26)45)23-14-11-22(12-15-23)32(44)21-8-3-2-4-9-21/h2-16,18,26-27,29,31,43H,17,19H2,1H3/t26-,27+,29-,31+,37+,38-/m0/s1. The SMILES string of the molecule is CN1C(=O)[C@]2(Cl)C[C@@H]3C(=CC[C@@H]4C(=O)N(c5ccc(C(=O)c6ccccc6)cc5)C(=O)[C@@H]43)[C@H](c3c(O)ccc4ccccc34)[C@]2(Cl)C1=O. The minimum absolute atomic E-state index is 0.128. The van der Waals surface area contributed by atoms with Crippen LogP contribution in [0.15, 0.2) is 103 Å². The van der Waals surface area contributed by atoms with Crippen LogP contribution >= 0.6 is 23.2 Å². The van der Waals surface area contributed by atoms with E-state index in [9.17, 15) is 29.1 Å². The van der Waals surface area contributed by atoms with Gasteiger partial charge in [0.25, 0.3) is 11.8 Å². The number of carbonyl (C=O) groups excluding carboxylic acids is 5. The first-order valence-corrected chi connectivity index (χ1v) is 16.4. The van der Waals surface area contributed by atoms with E-state index in [1.54, 1.807) is 66.7 Å². The second kappa shape index (κ2) is 10.6. The number of carbonyl (C=O) groups is 5. The second-order valence-corrected chi connectivity index (χ2v) is 14.2. The van der Waals surface area contributed by atoms with Crippen molar-refractivity contribution in [3.05, 3.63) is 119 Å². The van der Waals surface area contributed by atoms with Crippen molar-refractivity contribution in [2.45, 2.75) is 28.5 Å². The van der Waals surface area contributed by atoms with Crippen molar-refractivity contribution in [3.63, 3.8) is 0 Å². The number of allylic oxidation sites excluding steroid dienone is 2. The highest BCUT2D eigenvalue weighted by molar-refractivity contribution is 6.53. The Balaban J connectivity index is 1.23. The molecule has 4 aliphatic rings. The van der Waals surface area contributed by atoms with E-state index in [0.717, 1.165) is 15.2 Å². The molecule has 4 aromatic rings. The van der Waals surface area contributed by atoms with Crippen molar-refractivity contribution in [3.8, 4) is 5.75 Å². The van der Waals surface area contributed by atoms with E-state index < -0.39 is 57.0 Å². The van der Waals surface area contributed by atoms with Crippen molar-refractivity contribution < 1.29 is 29.1 Å². The lowest BCUT2D eigenvalue weighted by Gasteiger charge is -2.51. The number of nitrogens with zero attached hydrogens (tertiary/aromatic N) is 2. The Hall–Kier alpha value is -4.79. The summed E-state index contributed by atoms with van der Waals surface area (Å²) in [7, 11) is 1.33. The smallest absolute Gasteiger partial charge is 0.253 e. The van der Waals surface area contributed by atoms with Crippen LogP contribution in [0.2, 0.25) is 0 Å². The molecule has 8 nitrogen and oxygen atoms in total. The van der Waals surface area contributed by atoms with Crippen molar-refractivity contribution in [2.75, 3.05) is 11.9 Å². The highest BCUT2D eigenvalue weighted by Crippen LogP contribution is 2.66. The Kier molecular flexibility index (Phi) is 6.75. The largest absolute Gasteiger partial charge is 0.508 e. The van der Waals surface area contributed by atoms with Gasteiger partial charge in [0.05, 0.1) is 17.5 Å². The number of phenols is 1. The summed E-state index contributed by atoms with van der Waals surface area (Å²) >= 11 is 14.6. The van der Waals surface area contributed by atoms with Crippen LogP contribution in [0.1, 0.15) is 40.2 Å². The number of ketones is 1. The molecule has 0 spiro atoms. The third-order valence-electron chi connectivity index (χ3n) is 10.7. The molecule has 2 aliphatic carbocycles. The lowest BCUT2D eigenvalue weighted by atomic mass is 9.56. The van der Waals surface area contributed by atoms with Gasteiger partial charge in [-0.3, -0.25) is 33.8 Å². The predicted octanol–water partition coefficient (Wildman–Crippen LogP) is 5.97. The summed E-state index contributed by atoms with van der Waals surface area (Å²) in [6.07, 6.45) is 1.87. The van der Waals surface area contributed by atoms with E-state index >= 15 is 0 Å². The molecule has 4 amide bonds. The van der Waals surface area contributed by atoms with Gasteiger partial charge in [-0.2, -0.15) is 0 Å². The molecule has 2 saturated heterocycles. The number of hydrogen-bond donors (Lipinski definition) is 1. The zero-order valence-electron chi connectivity index (χ0n) is 25.6. The number of rotatable bonds is 4. The van der Waals surface area contributed by atoms with E-state index in [4.69, 9.17) is 23.2 Å². The van der Waals surface area contributed by atoms with E-state index in [-0.39, 0.29) is 24.4 Å². The van der Waals surface area contributed by atoms with E-state index in [0.29, 0.717) is 33.3 Å². The fraction of sp³-hybridized carbons (Fsp3) is 0.237. The number of aromatic hydroxyl groups is 1. The van der Waals surface area contributed by atoms with Crippen molar-refractivity contribution in [2.24, 2.45) is 17.8 Å². The summed E-state index contributed by atoms with van der Waals surface area (Å²) in [4.78, 5) is 67.2. The highest BCUT2D eigenvalue weighted by Gasteiger charge is 2.76. The number of amides is 4. The van der Waals surface area contributed by atoms with Crippen LogP contribution < -0.4 is 4.90 Å². The second-order valence-electron chi connectivity index (χ2n) is 13.0. The van der Waals surface area contributed by atoms with Gasteiger partial charge in [-0.1, -0.05) is 72.3 Å². The van der Waals surface area contributed by atoms with Gasteiger partial charge < -0.3 is 5.11 Å². The van der Waals surface area contributed by atoms with Crippen molar-refractivity contribution in [1.29, 1.82) is 0 Å². The van der Waals surface area contributed by atoms with Gasteiger partial charge in [0.15, 0.2) is 15.5 Å². The Labute approximate surface area is 285 Å². The van der Waals surface area contributed by atoms with Gasteiger partial charge in [-0.05, 0) is 59.9 Å². The van der Waals surface area contributed by atoms with Crippen molar-refractivity contribution in [1.82, 2.24) is 4.90 Å². The molecule has 6 atom stereocenters. The maximum Gasteiger partial charge on any atom is 0.253 e. The molecule has 0 radical (unpaired) electrons. The number of phenolic OH excluding ortho intramolecular Hbond substituents is 1. The number of halogens is 2. The molecule has 0 aromatic heterocycles. The summed E-state index contributed by atoms with van der Waals surface area (Å²) in [5, 5.41) is 12.8. The summed E-state index contributed by atoms with van der Waals surface area (Å²) < 4.78 is 0. The summed E-state index contributed by atoms with van der Waals surface area (Å²) in [5.41, 5.74) is 2.18. The molecule has 0 bridgehead atoms. The third kappa shape index (κ3) is 3.93. The lowest BCUT2D eigenvalue weighted by Crippen LogP contribution is -2.60. The first-order valence-electron chi connectivity index (χ1n) is 15.7. The quantitative estimate of drug-likeness (QED) is 0.123. The molecule has 1 saturated carbocycles. The molecular weight excluding hydrogens is 651 g/mol. The van der Waals surface area contributed by atoms with Gasteiger partial charge in [-0.25, -0.2) is 0 Å². The van der Waals surface area contributed by atoms with E-state index in [1.165, 1.54) is 13.1 Å². The fourth-order valence-electron chi connectivity index (χ4n) is 8.42. The molecule has 10 heteroatoms. The topological polar surface area (TPSA) is 112 Å². The summed E-state index contributed by atoms with van der Waals surface area (Å²) in [6, 6.07) is 25.7. The van der Waals surface area contributed by atoms with Crippen LogP contribution in [0.4, 0.5) is 5.69 Å². The average Bonchev–Trinajstić information content (AvgIpc) is 3.43. The molecule has 4 aromatic carbocycles. The predicted molar refractivity (Wildman–Crippen MR) is 180 cm³/mol. The van der Waals surface area contributed by atoms with Gasteiger partial charge in [0.2, 0.25) is 11.8 Å². The van der Waals surface area contributed by atoms with Crippen LogP contribution in [0.5, 0.6) is 5.75 Å². The number of imide groups is 2. The van der Waals surface area contributed by atoms with Crippen LogP contribution in [-0.2, 0) is 19.2 Å². The van der Waals surface area contributed by atoms with Gasteiger partial charge >= 0.3 is 0 Å². The number of alkyl halides is 2. The molecule has 3 fully saturated rings. The molecule has 240 valence electrons. The first kappa shape index (κ1) is 30.5. The summed E-state index contributed by atoms with van der Waals surface area (Å²) in [6.45, 7) is 0. The normalized spacial score (nSPS) is 29.5. The Morgan fingerprint density at radius 2 is 1.46 bits per heavy atom. The zero-order chi connectivity index (χ0) is 33.7. The zero-order valence-corrected chi connectivity index (χ0v) is 27.1. The number of likely N-dealkylation sites (tertiary alicyclic amines) is 1. The maximum absolute atomic E-state index is 14.4. The molecule has 0 unspecified atom stereocenters. The average molecular weight is 680 g/mol. The fourth-order valence-corrected chi connectivity index (χ4v) is 9.42. The van der Waals surface area contributed by atoms with Crippen molar-refractivity contribution >= 4 is 69.1 Å². The highest BCUT2D eigenvalue weighted by atomic mass is 35.5. The van der Waals surface area contributed by atoms with Crippen LogP contribution in [0.25, 0.3) is 10.8 Å². The number of hydrogen-bond acceptors (Lipinski definition) is 6. The van der Waals surface area contributed by atoms with Crippen LogP contribution in [-0.4, -0.2) is 56.2 Å². The minimum Gasteiger partial charge on any atom is -0.508 e. The molecule has 48 heavy (non-hydrogen) atoms. The maximum atomic E-state index is 14.4. The number of fused-ring (bicyclic) bond motifs is 5. The Bertz CT molecular complexity index is 2130. The number of anilines is 1. The van der Waals surface area contributed by atoms with E-state index in [1.807, 2.05) is 24.3 Å². The lowest BCUT2D eigenvalue weighted by molar-refractivity contribution is -0.138. The molecular formula is C38H28Cl2N2O6. The van der Waals surface area contributed by atoms with Gasteiger partial charge in [0.1, 0.15) is 5.75 Å². The van der Waals surface area contributed by atoms with Crippen LogP contribution in [0, 0.1) is 17.8 Å². The Morgan fingerprint density at radius 1 is 0.792 bits per heavy atom. The molecule has 1 N–H and O–H groups in total. The van der Waals surface area contributed by atoms with Gasteiger partial charge in [0, 0.05) is 29.7 Å². The first-order chi connectivity index (χ1) is 23.0. The molecule has 2 heterocycles. The van der Waals surface area contributed by atoms with Crippen LogP contribution in [0.3, 0.4) is 0 Å². The summed E-state index contributed by atoms with van der Waals surface area (Å²) in [5.74, 6) is -6.02. The number of benzene rings is 4. The Morgan fingerprint density at radius 3 is 2.19 bits per heavy atom. The third-order valence-corrected chi connectivity index (χ3v) is 12.1. The monoisotopic (exact) mass is 678 g/mol. The van der Waals surface area contributed by atoms with E-state index in [2.05, 4.69) is 0 Å². The minimum atomic E-state index is -2.01. The molecule has 2 aliphatic heterocycles. The van der Waals surface area contributed by atoms with Gasteiger partial charge in [-0.15, -0.1) is 23.2 Å². The molecule has 8 rings (SSSR count).